The van der Waals surface area contributed by atoms with Crippen molar-refractivity contribution in [2.24, 2.45) is 11.3 Å². The van der Waals surface area contributed by atoms with E-state index in [0.29, 0.717) is 0 Å². The summed E-state index contributed by atoms with van der Waals surface area (Å²) in [6.45, 7) is 3.51. The highest BCUT2D eigenvalue weighted by Gasteiger charge is 2.61. The summed E-state index contributed by atoms with van der Waals surface area (Å²) >= 11 is 0. The number of rotatable bonds is 8. The molecule has 0 saturated heterocycles. The third kappa shape index (κ3) is 4.96. The van der Waals surface area contributed by atoms with Gasteiger partial charge >= 0.3 is 18.1 Å². The Labute approximate surface area is 145 Å². The van der Waals surface area contributed by atoms with Gasteiger partial charge in [0.1, 0.15) is 0 Å². The van der Waals surface area contributed by atoms with Gasteiger partial charge in [-0.15, -0.1) is 0 Å². The second-order valence-corrected chi connectivity index (χ2v) is 5.66. The Morgan fingerprint density at radius 2 is 1.48 bits per heavy atom. The lowest BCUT2D eigenvalue weighted by atomic mass is 9.71. The summed E-state index contributed by atoms with van der Waals surface area (Å²) in [4.78, 5) is 24.9. The molecule has 0 radical (unpaired) electrons. The van der Waals surface area contributed by atoms with Crippen molar-refractivity contribution in [2.45, 2.75) is 39.8 Å². The number of halogens is 3. The van der Waals surface area contributed by atoms with Crippen molar-refractivity contribution in [3.63, 3.8) is 0 Å². The van der Waals surface area contributed by atoms with Gasteiger partial charge in [-0.2, -0.15) is 13.2 Å². The molecule has 4 nitrogen and oxygen atoms in total. The average Bonchev–Trinajstić information content (AvgIpc) is 2.56. The number of aryl methyl sites for hydroxylation is 1. The first-order chi connectivity index (χ1) is 11.7. The lowest BCUT2D eigenvalue weighted by molar-refractivity contribution is -0.222. The Kier molecular flexibility index (Phi) is 7.45. The van der Waals surface area contributed by atoms with Gasteiger partial charge in [-0.1, -0.05) is 37.3 Å². The molecule has 0 spiro atoms. The Morgan fingerprint density at radius 3 is 1.88 bits per heavy atom. The van der Waals surface area contributed by atoms with E-state index in [4.69, 9.17) is 9.47 Å². The Morgan fingerprint density at radius 1 is 1.00 bits per heavy atom. The van der Waals surface area contributed by atoms with Crippen molar-refractivity contribution in [1.82, 2.24) is 0 Å². The van der Waals surface area contributed by atoms with Crippen molar-refractivity contribution in [3.8, 4) is 0 Å². The summed E-state index contributed by atoms with van der Waals surface area (Å²) in [7, 11) is 0. The topological polar surface area (TPSA) is 52.6 Å². The number of esters is 2. The first-order valence-electron chi connectivity index (χ1n) is 8.15. The SMILES string of the molecule is CCOC(=O)C(CCc1ccccc1)(C(=O)OCC)C(C)C(F)(F)F. The Balaban J connectivity index is 3.31. The monoisotopic (exact) mass is 360 g/mol. The van der Waals surface area contributed by atoms with Crippen molar-refractivity contribution in [1.29, 1.82) is 0 Å². The van der Waals surface area contributed by atoms with Crippen LogP contribution < -0.4 is 0 Å². The van der Waals surface area contributed by atoms with Gasteiger partial charge in [0.15, 0.2) is 5.41 Å². The zero-order chi connectivity index (χ0) is 19.1. The Hall–Kier alpha value is -2.05. The van der Waals surface area contributed by atoms with E-state index >= 15 is 0 Å². The van der Waals surface area contributed by atoms with E-state index in [1.54, 1.807) is 30.3 Å². The molecular weight excluding hydrogens is 337 g/mol. The Bertz CT molecular complexity index is 551. The highest BCUT2D eigenvalue weighted by molar-refractivity contribution is 6.00. The van der Waals surface area contributed by atoms with E-state index in [1.807, 2.05) is 0 Å². The molecule has 0 aliphatic carbocycles. The fourth-order valence-corrected chi connectivity index (χ4v) is 2.64. The van der Waals surface area contributed by atoms with Crippen molar-refractivity contribution >= 4 is 11.9 Å². The van der Waals surface area contributed by atoms with E-state index in [2.05, 4.69) is 0 Å². The van der Waals surface area contributed by atoms with E-state index in [1.165, 1.54) is 13.8 Å². The van der Waals surface area contributed by atoms with Crippen LogP contribution in [0.5, 0.6) is 0 Å². The third-order valence-electron chi connectivity index (χ3n) is 4.16. The van der Waals surface area contributed by atoms with Gasteiger partial charge < -0.3 is 9.47 Å². The number of hydrogen-bond acceptors (Lipinski definition) is 4. The minimum Gasteiger partial charge on any atom is -0.465 e. The number of carbonyl (C=O) groups is 2. The predicted octanol–water partition coefficient (Wildman–Crippen LogP) is 3.93. The lowest BCUT2D eigenvalue weighted by Crippen LogP contribution is -2.52. The highest BCUT2D eigenvalue weighted by Crippen LogP contribution is 2.45. The minimum absolute atomic E-state index is 0.110. The van der Waals surface area contributed by atoms with Gasteiger partial charge in [0.25, 0.3) is 0 Å². The predicted molar refractivity (Wildman–Crippen MR) is 85.7 cm³/mol. The summed E-state index contributed by atoms with van der Waals surface area (Å²) < 4.78 is 50.0. The molecule has 0 aromatic heterocycles. The summed E-state index contributed by atoms with van der Waals surface area (Å²) in [5.41, 5.74) is -1.71. The maximum Gasteiger partial charge on any atom is 0.393 e. The van der Waals surface area contributed by atoms with Gasteiger partial charge in [-0.3, -0.25) is 9.59 Å². The van der Waals surface area contributed by atoms with E-state index in [-0.39, 0.29) is 26.1 Å². The van der Waals surface area contributed by atoms with Crippen LogP contribution in [-0.4, -0.2) is 31.3 Å². The van der Waals surface area contributed by atoms with Crippen LogP contribution in [0.2, 0.25) is 0 Å². The molecule has 1 atom stereocenters. The summed E-state index contributed by atoms with van der Waals surface area (Å²) in [5.74, 6) is -4.63. The zero-order valence-corrected chi connectivity index (χ0v) is 14.6. The van der Waals surface area contributed by atoms with Crippen molar-refractivity contribution in [3.05, 3.63) is 35.9 Å². The molecule has 0 aliphatic heterocycles. The maximum atomic E-state index is 13.5. The molecular formula is C18H23F3O4. The fourth-order valence-electron chi connectivity index (χ4n) is 2.64. The van der Waals surface area contributed by atoms with Gasteiger partial charge in [-0.25, -0.2) is 0 Å². The molecule has 1 rings (SSSR count). The number of carbonyl (C=O) groups excluding carboxylic acids is 2. The molecule has 0 fully saturated rings. The molecule has 1 aromatic carbocycles. The molecule has 1 aromatic rings. The molecule has 25 heavy (non-hydrogen) atoms. The van der Waals surface area contributed by atoms with Crippen LogP contribution >= 0.6 is 0 Å². The largest absolute Gasteiger partial charge is 0.465 e. The maximum absolute atomic E-state index is 13.5. The third-order valence-corrected chi connectivity index (χ3v) is 4.16. The highest BCUT2D eigenvalue weighted by atomic mass is 19.4. The fraction of sp³-hybridized carbons (Fsp3) is 0.556. The van der Waals surface area contributed by atoms with E-state index < -0.39 is 29.4 Å². The quantitative estimate of drug-likeness (QED) is 0.521. The number of ether oxygens (including phenoxy) is 2. The summed E-state index contributed by atoms with van der Waals surface area (Å²) in [5, 5.41) is 0. The number of alkyl halides is 3. The molecule has 0 N–H and O–H groups in total. The van der Waals surface area contributed by atoms with Crippen molar-refractivity contribution < 1.29 is 32.2 Å². The molecule has 1 unspecified atom stereocenters. The van der Waals surface area contributed by atoms with Crippen molar-refractivity contribution in [2.75, 3.05) is 13.2 Å². The van der Waals surface area contributed by atoms with Gasteiger partial charge in [0.2, 0.25) is 0 Å². The summed E-state index contributed by atoms with van der Waals surface area (Å²) in [6.07, 6.45) is -5.00. The molecule has 0 bridgehead atoms. The van der Waals surface area contributed by atoms with Crippen LogP contribution in [0.25, 0.3) is 0 Å². The van der Waals surface area contributed by atoms with Crippen LogP contribution in [0.4, 0.5) is 13.2 Å². The zero-order valence-electron chi connectivity index (χ0n) is 14.6. The minimum atomic E-state index is -4.75. The number of hydrogen-bond donors (Lipinski definition) is 0. The second-order valence-electron chi connectivity index (χ2n) is 5.66. The molecule has 0 saturated carbocycles. The van der Waals surface area contributed by atoms with Crippen LogP contribution in [0.1, 0.15) is 32.8 Å². The smallest absolute Gasteiger partial charge is 0.393 e. The average molecular weight is 360 g/mol. The molecule has 0 aliphatic rings. The van der Waals surface area contributed by atoms with E-state index in [0.717, 1.165) is 12.5 Å². The molecule has 0 amide bonds. The van der Waals surface area contributed by atoms with Gasteiger partial charge in [-0.05, 0) is 32.3 Å². The van der Waals surface area contributed by atoms with Crippen LogP contribution in [0, 0.1) is 11.3 Å². The van der Waals surface area contributed by atoms with Crippen LogP contribution in [-0.2, 0) is 25.5 Å². The second kappa shape index (κ2) is 8.87. The molecule has 0 heterocycles. The molecule has 140 valence electrons. The lowest BCUT2D eigenvalue weighted by Gasteiger charge is -2.35. The number of benzene rings is 1. The normalized spacial score (nSPS) is 13.2. The molecule has 7 heteroatoms. The van der Waals surface area contributed by atoms with E-state index in [9.17, 15) is 22.8 Å². The van der Waals surface area contributed by atoms with Gasteiger partial charge in [0, 0.05) is 0 Å². The standard InChI is InChI=1S/C18H23F3O4/c1-4-24-15(22)17(16(23)25-5-2,13(3)18(19,20)21)12-11-14-9-7-6-8-10-14/h6-10,13H,4-5,11-12H2,1-3H3. The van der Waals surface area contributed by atoms with Gasteiger partial charge in [0.05, 0.1) is 19.1 Å². The summed E-state index contributed by atoms with van der Waals surface area (Å²) in [6, 6.07) is 8.68. The first-order valence-corrected chi connectivity index (χ1v) is 8.15. The van der Waals surface area contributed by atoms with Crippen LogP contribution in [0.15, 0.2) is 30.3 Å². The first kappa shape index (κ1) is 21.0. The van der Waals surface area contributed by atoms with Crippen LogP contribution in [0.3, 0.4) is 0 Å².